The monoisotopic (exact) mass is 555 g/mol. The topological polar surface area (TPSA) is 124 Å². The van der Waals surface area contributed by atoms with Crippen molar-refractivity contribution in [3.8, 4) is 28.4 Å². The number of ether oxygens (including phenoxy) is 4. The highest BCUT2D eigenvalue weighted by molar-refractivity contribution is 5.86. The largest absolute Gasteiger partial charge is 0.493 e. The molecule has 3 rings (SSSR count). The van der Waals surface area contributed by atoms with Crippen LogP contribution in [0.3, 0.4) is 0 Å². The molecule has 0 saturated heterocycles. The Labute approximate surface area is 235 Å². The van der Waals surface area contributed by atoms with E-state index in [1.165, 1.54) is 13.0 Å². The lowest BCUT2D eigenvalue weighted by Crippen LogP contribution is -2.44. The van der Waals surface area contributed by atoms with E-state index in [1.54, 1.807) is 34.5 Å². The SMILES string of the molecule is COCCCNC(=O)C(Nc1ccc2c(cc1=O)C(NC(C)=O)CCc1cc(OC)c(OC)c(OC)c1-2)C(C)C. The van der Waals surface area contributed by atoms with Crippen LogP contribution in [0.15, 0.2) is 29.1 Å². The second-order valence-electron chi connectivity index (χ2n) is 10.1. The number of rotatable bonds is 12. The molecular formula is C30H41N3O7. The molecule has 0 aromatic heterocycles. The first kappa shape index (κ1) is 30.7. The Kier molecular flexibility index (Phi) is 10.8. The summed E-state index contributed by atoms with van der Waals surface area (Å²) in [4.78, 5) is 38.8. The number of carbonyl (C=O) groups is 2. The third kappa shape index (κ3) is 6.85. The number of amides is 2. The van der Waals surface area contributed by atoms with E-state index in [2.05, 4.69) is 16.0 Å². The maximum absolute atomic E-state index is 13.6. The van der Waals surface area contributed by atoms with Gasteiger partial charge in [-0.2, -0.15) is 0 Å². The van der Waals surface area contributed by atoms with Crippen LogP contribution in [0.1, 0.15) is 50.8 Å². The summed E-state index contributed by atoms with van der Waals surface area (Å²) in [5.74, 6) is 0.955. The Balaban J connectivity index is 2.17. The van der Waals surface area contributed by atoms with E-state index in [0.29, 0.717) is 55.2 Å². The van der Waals surface area contributed by atoms with Gasteiger partial charge in [-0.1, -0.05) is 19.9 Å². The van der Waals surface area contributed by atoms with Gasteiger partial charge in [0.25, 0.3) is 0 Å². The lowest BCUT2D eigenvalue weighted by atomic mass is 9.95. The van der Waals surface area contributed by atoms with Crippen LogP contribution < -0.4 is 35.6 Å². The van der Waals surface area contributed by atoms with Crippen LogP contribution in [0.25, 0.3) is 11.1 Å². The quantitative estimate of drug-likeness (QED) is 0.340. The first-order chi connectivity index (χ1) is 19.2. The predicted octanol–water partition coefficient (Wildman–Crippen LogP) is 3.45. The minimum absolute atomic E-state index is 0.0881. The molecule has 0 spiro atoms. The first-order valence-corrected chi connectivity index (χ1v) is 13.5. The molecule has 0 radical (unpaired) electrons. The van der Waals surface area contributed by atoms with Crippen LogP contribution in [-0.2, 0) is 20.7 Å². The maximum atomic E-state index is 13.6. The minimum Gasteiger partial charge on any atom is -0.493 e. The van der Waals surface area contributed by atoms with E-state index in [-0.39, 0.29) is 28.8 Å². The number of benzene rings is 1. The first-order valence-electron chi connectivity index (χ1n) is 13.5. The van der Waals surface area contributed by atoms with Crippen LogP contribution in [0.2, 0.25) is 0 Å². The molecule has 2 atom stereocenters. The van der Waals surface area contributed by atoms with Gasteiger partial charge in [0, 0.05) is 32.7 Å². The number of methoxy groups -OCH3 is 4. The molecular weight excluding hydrogens is 514 g/mol. The molecule has 2 aromatic rings. The van der Waals surface area contributed by atoms with Gasteiger partial charge in [-0.3, -0.25) is 14.4 Å². The van der Waals surface area contributed by atoms with Gasteiger partial charge in [0.15, 0.2) is 11.5 Å². The van der Waals surface area contributed by atoms with E-state index in [1.807, 2.05) is 26.0 Å². The summed E-state index contributed by atoms with van der Waals surface area (Å²) in [6.07, 6.45) is 1.85. The highest BCUT2D eigenvalue weighted by Gasteiger charge is 2.30. The second kappa shape index (κ2) is 14.0. The molecule has 40 heavy (non-hydrogen) atoms. The van der Waals surface area contributed by atoms with Gasteiger partial charge < -0.3 is 34.9 Å². The van der Waals surface area contributed by atoms with E-state index in [0.717, 1.165) is 16.7 Å². The summed E-state index contributed by atoms with van der Waals surface area (Å²) < 4.78 is 22.1. The maximum Gasteiger partial charge on any atom is 0.242 e. The van der Waals surface area contributed by atoms with Crippen molar-refractivity contribution in [3.63, 3.8) is 0 Å². The number of aryl methyl sites for hydroxylation is 1. The minimum atomic E-state index is -0.630. The van der Waals surface area contributed by atoms with E-state index in [9.17, 15) is 14.4 Å². The second-order valence-corrected chi connectivity index (χ2v) is 10.1. The van der Waals surface area contributed by atoms with Gasteiger partial charge >= 0.3 is 0 Å². The molecule has 2 amide bonds. The van der Waals surface area contributed by atoms with E-state index in [4.69, 9.17) is 18.9 Å². The van der Waals surface area contributed by atoms with Crippen molar-refractivity contribution >= 4 is 17.5 Å². The molecule has 2 unspecified atom stereocenters. The van der Waals surface area contributed by atoms with Crippen molar-refractivity contribution in [1.82, 2.24) is 10.6 Å². The lowest BCUT2D eigenvalue weighted by Gasteiger charge is -2.22. The van der Waals surface area contributed by atoms with Gasteiger partial charge in [-0.25, -0.2) is 0 Å². The van der Waals surface area contributed by atoms with Crippen LogP contribution in [0.5, 0.6) is 17.2 Å². The number of carbonyl (C=O) groups excluding carboxylic acids is 2. The Bertz CT molecular complexity index is 1280. The average molecular weight is 556 g/mol. The van der Waals surface area contributed by atoms with Crippen molar-refractivity contribution < 1.29 is 28.5 Å². The van der Waals surface area contributed by atoms with Crippen molar-refractivity contribution in [2.75, 3.05) is 46.9 Å². The zero-order chi connectivity index (χ0) is 29.4. The smallest absolute Gasteiger partial charge is 0.242 e. The molecule has 0 fully saturated rings. The molecule has 1 aliphatic carbocycles. The highest BCUT2D eigenvalue weighted by atomic mass is 16.5. The molecule has 218 valence electrons. The number of fused-ring (bicyclic) bond motifs is 3. The van der Waals surface area contributed by atoms with Crippen molar-refractivity contribution in [2.24, 2.45) is 5.92 Å². The Morgan fingerprint density at radius 2 is 1.75 bits per heavy atom. The van der Waals surface area contributed by atoms with Gasteiger partial charge in [-0.15, -0.1) is 0 Å². The molecule has 0 heterocycles. The third-order valence-electron chi connectivity index (χ3n) is 7.00. The number of hydrogen-bond donors (Lipinski definition) is 3. The van der Waals surface area contributed by atoms with Gasteiger partial charge in [-0.05, 0) is 60.1 Å². The summed E-state index contributed by atoms with van der Waals surface area (Å²) in [5, 5.41) is 9.10. The average Bonchev–Trinajstić information content (AvgIpc) is 3.16. The van der Waals surface area contributed by atoms with Gasteiger partial charge in [0.05, 0.1) is 33.1 Å². The molecule has 1 aliphatic rings. The fourth-order valence-electron chi connectivity index (χ4n) is 5.07. The van der Waals surface area contributed by atoms with Crippen molar-refractivity contribution in [3.05, 3.63) is 45.6 Å². The standard InChI is InChI=1S/C30H41N3O7/c1-17(2)27(30(36)31-13-8-14-37-4)33-23-12-10-20-21(16-24(23)35)22(32-18(3)34)11-9-19-15-25(38-5)28(39-6)29(40-7)26(19)20/h10,12,15-17,22,27H,8-9,11,13-14H2,1-7H3,(H,31,36)(H,32,34)(H,33,35). The predicted molar refractivity (Wildman–Crippen MR) is 154 cm³/mol. The van der Waals surface area contributed by atoms with Gasteiger partial charge in [0.2, 0.25) is 23.0 Å². The summed E-state index contributed by atoms with van der Waals surface area (Å²) in [6.45, 7) is 6.31. The Morgan fingerprint density at radius 1 is 1.02 bits per heavy atom. The van der Waals surface area contributed by atoms with Crippen LogP contribution in [0, 0.1) is 5.92 Å². The Hall–Kier alpha value is -3.79. The summed E-state index contributed by atoms with van der Waals surface area (Å²) >= 11 is 0. The third-order valence-corrected chi connectivity index (χ3v) is 7.00. The fraction of sp³-hybridized carbons (Fsp3) is 0.500. The zero-order valence-corrected chi connectivity index (χ0v) is 24.4. The molecule has 0 saturated carbocycles. The number of hydrogen-bond acceptors (Lipinski definition) is 8. The molecule has 0 aliphatic heterocycles. The molecule has 10 nitrogen and oxygen atoms in total. The molecule has 10 heteroatoms. The fourth-order valence-corrected chi connectivity index (χ4v) is 5.07. The zero-order valence-electron chi connectivity index (χ0n) is 24.4. The Morgan fingerprint density at radius 3 is 2.35 bits per heavy atom. The molecule has 2 aromatic carbocycles. The van der Waals surface area contributed by atoms with Crippen molar-refractivity contribution in [2.45, 2.75) is 52.1 Å². The number of nitrogens with one attached hydrogen (secondary N) is 3. The summed E-state index contributed by atoms with van der Waals surface area (Å²) in [5.41, 5.74) is 3.06. The summed E-state index contributed by atoms with van der Waals surface area (Å²) in [6, 6.07) is 5.92. The lowest BCUT2D eigenvalue weighted by molar-refractivity contribution is -0.122. The van der Waals surface area contributed by atoms with Crippen molar-refractivity contribution in [1.29, 1.82) is 0 Å². The normalized spacial score (nSPS) is 14.8. The van der Waals surface area contributed by atoms with Crippen LogP contribution >= 0.6 is 0 Å². The van der Waals surface area contributed by atoms with Crippen LogP contribution in [-0.4, -0.2) is 59.4 Å². The van der Waals surface area contributed by atoms with E-state index >= 15 is 0 Å². The van der Waals surface area contributed by atoms with Crippen LogP contribution in [0.4, 0.5) is 5.69 Å². The van der Waals surface area contributed by atoms with E-state index < -0.39 is 12.1 Å². The molecule has 3 N–H and O–H groups in total. The highest BCUT2D eigenvalue weighted by Crippen LogP contribution is 2.50. The number of anilines is 1. The molecule has 0 bridgehead atoms. The summed E-state index contributed by atoms with van der Waals surface area (Å²) in [7, 11) is 6.28. The van der Waals surface area contributed by atoms with Gasteiger partial charge in [0.1, 0.15) is 6.04 Å².